The quantitative estimate of drug-likeness (QED) is 0.155. The molecule has 35 heavy (non-hydrogen) atoms. The van der Waals surface area contributed by atoms with Crippen LogP contribution in [0.2, 0.25) is 0 Å². The molecule has 2 aromatic rings. The summed E-state index contributed by atoms with van der Waals surface area (Å²) in [5.41, 5.74) is 8.21. The van der Waals surface area contributed by atoms with E-state index in [2.05, 4.69) is 10.6 Å². The number of carbonyl (C=O) groups excluding carboxylic acids is 2. The maximum Gasteiger partial charge on any atom is 0.343 e. The van der Waals surface area contributed by atoms with Gasteiger partial charge in [0.15, 0.2) is 5.96 Å². The average molecular weight is 482 g/mol. The van der Waals surface area contributed by atoms with Crippen LogP contribution in [0.15, 0.2) is 30.3 Å². The monoisotopic (exact) mass is 482 g/mol. The number of rotatable bonds is 6. The summed E-state index contributed by atoms with van der Waals surface area (Å²) in [6.45, 7) is 1.70. The highest BCUT2D eigenvalue weighted by Crippen LogP contribution is 2.30. The van der Waals surface area contributed by atoms with Crippen LogP contribution in [0.1, 0.15) is 56.7 Å². The van der Waals surface area contributed by atoms with Gasteiger partial charge in [-0.3, -0.25) is 15.0 Å². The number of benzene rings is 2. The molecule has 7 N–H and O–H groups in total. The molecule has 0 saturated heterocycles. The lowest BCUT2D eigenvalue weighted by molar-refractivity contribution is -0.145. The minimum absolute atomic E-state index is 0.131. The summed E-state index contributed by atoms with van der Waals surface area (Å²) in [5.74, 6) is -4.25. The van der Waals surface area contributed by atoms with E-state index in [-0.39, 0.29) is 17.3 Å². The van der Waals surface area contributed by atoms with E-state index in [1.54, 1.807) is 37.3 Å². The van der Waals surface area contributed by atoms with Crippen LogP contribution in [-0.2, 0) is 22.4 Å². The first-order valence-corrected chi connectivity index (χ1v) is 10.9. The third kappa shape index (κ3) is 6.34. The predicted molar refractivity (Wildman–Crippen MR) is 126 cm³/mol. The van der Waals surface area contributed by atoms with Crippen LogP contribution in [0.25, 0.3) is 0 Å². The first-order chi connectivity index (χ1) is 16.5. The van der Waals surface area contributed by atoms with E-state index in [0.717, 1.165) is 5.56 Å². The number of carboxylic acids is 2. The number of hydrogen-bond donors (Lipinski definition) is 6. The number of guanidine groups is 1. The fourth-order valence-corrected chi connectivity index (χ4v) is 3.95. The number of nitrogens with two attached hydrogens (primary N) is 1. The Morgan fingerprint density at radius 1 is 1.14 bits per heavy atom. The molecule has 1 heterocycles. The minimum Gasteiger partial charge on any atom is -0.481 e. The van der Waals surface area contributed by atoms with Gasteiger partial charge in [-0.25, -0.2) is 9.59 Å². The second-order valence-corrected chi connectivity index (χ2v) is 8.26. The summed E-state index contributed by atoms with van der Waals surface area (Å²) < 4.78 is 5.69. The number of amides is 1. The van der Waals surface area contributed by atoms with Gasteiger partial charge in [-0.15, -0.1) is 0 Å². The molecule has 3 rings (SSSR count). The van der Waals surface area contributed by atoms with Crippen molar-refractivity contribution in [3.63, 3.8) is 0 Å². The molecular formula is C24H26N4O7. The minimum atomic E-state index is -1.61. The Bertz CT molecular complexity index is 1210. The van der Waals surface area contributed by atoms with Crippen LogP contribution in [-0.4, -0.2) is 46.0 Å². The Hall–Kier alpha value is -4.41. The van der Waals surface area contributed by atoms with Gasteiger partial charge in [-0.1, -0.05) is 0 Å². The second-order valence-electron chi connectivity index (χ2n) is 8.26. The number of ether oxygens (including phenoxy) is 1. The van der Waals surface area contributed by atoms with E-state index in [4.69, 9.17) is 21.0 Å². The molecule has 0 aromatic heterocycles. The van der Waals surface area contributed by atoms with Crippen LogP contribution in [0.4, 0.5) is 5.69 Å². The van der Waals surface area contributed by atoms with Crippen molar-refractivity contribution in [2.75, 3.05) is 5.32 Å². The van der Waals surface area contributed by atoms with Gasteiger partial charge < -0.3 is 31.3 Å². The Morgan fingerprint density at radius 2 is 1.86 bits per heavy atom. The van der Waals surface area contributed by atoms with E-state index in [0.29, 0.717) is 48.1 Å². The molecule has 1 atom stereocenters. The number of aryl methyl sites for hydroxylation is 2. The fraction of sp³-hybridized carbons (Fsp3) is 0.292. The van der Waals surface area contributed by atoms with Crippen molar-refractivity contribution in [2.45, 2.75) is 45.1 Å². The molecule has 11 nitrogen and oxygen atoms in total. The predicted octanol–water partition coefficient (Wildman–Crippen LogP) is 2.06. The van der Waals surface area contributed by atoms with E-state index in [1.165, 1.54) is 0 Å². The molecule has 184 valence electrons. The van der Waals surface area contributed by atoms with Crippen molar-refractivity contribution in [1.29, 1.82) is 5.41 Å². The SMILES string of the molecule is Cc1cc2c(c(C(=O)N[C@@H](CC(=O)O)C(=O)O)c1)CCCCc1cc(NC(=N)N)ccc1C(=O)O2. The number of anilines is 1. The lowest BCUT2D eigenvalue weighted by Crippen LogP contribution is -2.42. The molecule has 0 radical (unpaired) electrons. The van der Waals surface area contributed by atoms with Crippen LogP contribution in [0.5, 0.6) is 5.75 Å². The molecule has 1 amide bonds. The van der Waals surface area contributed by atoms with Crippen molar-refractivity contribution in [3.8, 4) is 5.75 Å². The zero-order valence-electron chi connectivity index (χ0n) is 19.0. The summed E-state index contributed by atoms with van der Waals surface area (Å²) in [5, 5.41) is 30.6. The van der Waals surface area contributed by atoms with Gasteiger partial charge in [0.25, 0.3) is 5.91 Å². The molecule has 0 aliphatic carbocycles. The number of carboxylic acid groups (broad SMARTS) is 2. The highest BCUT2D eigenvalue weighted by molar-refractivity contribution is 6.00. The summed E-state index contributed by atoms with van der Waals surface area (Å²) in [6, 6.07) is 6.51. The summed E-state index contributed by atoms with van der Waals surface area (Å²) in [7, 11) is 0. The molecule has 11 heteroatoms. The third-order valence-corrected chi connectivity index (χ3v) is 5.51. The summed E-state index contributed by atoms with van der Waals surface area (Å²) in [4.78, 5) is 48.4. The molecule has 1 aliphatic rings. The van der Waals surface area contributed by atoms with Crippen molar-refractivity contribution in [2.24, 2.45) is 5.73 Å². The van der Waals surface area contributed by atoms with Crippen molar-refractivity contribution in [1.82, 2.24) is 5.32 Å². The lowest BCUT2D eigenvalue weighted by Gasteiger charge is -2.20. The van der Waals surface area contributed by atoms with E-state index in [1.807, 2.05) is 0 Å². The van der Waals surface area contributed by atoms with Crippen molar-refractivity contribution < 1.29 is 34.1 Å². The molecular weight excluding hydrogens is 456 g/mol. The lowest BCUT2D eigenvalue weighted by atomic mass is 9.94. The van der Waals surface area contributed by atoms with E-state index in [9.17, 15) is 24.3 Å². The highest BCUT2D eigenvalue weighted by atomic mass is 16.5. The summed E-state index contributed by atoms with van der Waals surface area (Å²) in [6.07, 6.45) is 1.45. The zero-order valence-corrected chi connectivity index (χ0v) is 19.0. The molecule has 0 unspecified atom stereocenters. The van der Waals surface area contributed by atoms with Crippen LogP contribution >= 0.6 is 0 Å². The topological polar surface area (TPSA) is 192 Å². The number of aliphatic carboxylic acids is 2. The second kappa shape index (κ2) is 10.7. The van der Waals surface area contributed by atoms with Crippen LogP contribution in [0.3, 0.4) is 0 Å². The van der Waals surface area contributed by atoms with Gasteiger partial charge in [-0.05, 0) is 74.1 Å². The van der Waals surface area contributed by atoms with Crippen molar-refractivity contribution in [3.05, 3.63) is 58.1 Å². The first-order valence-electron chi connectivity index (χ1n) is 10.9. The normalized spacial score (nSPS) is 13.9. The third-order valence-electron chi connectivity index (χ3n) is 5.51. The largest absolute Gasteiger partial charge is 0.481 e. The standard InChI is InChI=1S/C24H26N4O7/c1-12-8-17(21(31)28-18(22(32)33)11-20(29)30)16-5-3-2-4-13-10-14(27-24(25)26)6-7-15(13)23(34)35-19(16)9-12/h6-10,18H,2-5,11H2,1H3,(H,28,31)(H,29,30)(H,32,33)(H4,25,26,27)/t18-/m0/s1. The first kappa shape index (κ1) is 25.2. The molecule has 0 spiro atoms. The Kier molecular flexibility index (Phi) is 7.69. The van der Waals surface area contributed by atoms with Gasteiger partial charge in [-0.2, -0.15) is 0 Å². The number of esters is 1. The smallest absolute Gasteiger partial charge is 0.343 e. The average Bonchev–Trinajstić information content (AvgIpc) is 2.76. The van der Waals surface area contributed by atoms with Crippen molar-refractivity contribution >= 4 is 35.5 Å². The van der Waals surface area contributed by atoms with Gasteiger partial charge in [0.1, 0.15) is 11.8 Å². The molecule has 0 bridgehead atoms. The Balaban J connectivity index is 1.96. The summed E-state index contributed by atoms with van der Waals surface area (Å²) >= 11 is 0. The molecule has 0 saturated carbocycles. The molecule has 2 aromatic carbocycles. The Labute approximate surface area is 200 Å². The maximum absolute atomic E-state index is 13.0. The highest BCUT2D eigenvalue weighted by Gasteiger charge is 2.27. The molecule has 1 aliphatic heterocycles. The fourth-order valence-electron chi connectivity index (χ4n) is 3.95. The van der Waals surface area contributed by atoms with Gasteiger partial charge >= 0.3 is 17.9 Å². The van der Waals surface area contributed by atoms with Crippen LogP contribution < -0.4 is 21.1 Å². The number of nitrogens with one attached hydrogen (secondary N) is 3. The van der Waals surface area contributed by atoms with E-state index < -0.39 is 36.3 Å². The van der Waals surface area contributed by atoms with Gasteiger partial charge in [0, 0.05) is 16.8 Å². The maximum atomic E-state index is 13.0. The van der Waals surface area contributed by atoms with Crippen LogP contribution in [0, 0.1) is 12.3 Å². The van der Waals surface area contributed by atoms with Gasteiger partial charge in [0.2, 0.25) is 0 Å². The van der Waals surface area contributed by atoms with Gasteiger partial charge in [0.05, 0.1) is 12.0 Å². The van der Waals surface area contributed by atoms with E-state index >= 15 is 0 Å². The molecule has 0 fully saturated rings. The number of fused-ring (bicyclic) bond motifs is 2. The zero-order chi connectivity index (χ0) is 25.7. The number of carbonyl (C=O) groups is 4. The Morgan fingerprint density at radius 3 is 2.51 bits per heavy atom. The number of hydrogen-bond acceptors (Lipinski definition) is 6.